The molecule has 0 amide bonds. The Kier molecular flexibility index (Phi) is 2.21. The van der Waals surface area contributed by atoms with Crippen LogP contribution in [-0.4, -0.2) is 11.1 Å². The SMILES string of the molecule is CCc1cncc(OC2CC2)c1C. The Morgan fingerprint density at radius 3 is 2.85 bits per heavy atom. The predicted octanol–water partition coefficient (Wildman–Crippen LogP) is 2.49. The number of pyridine rings is 1. The summed E-state index contributed by atoms with van der Waals surface area (Å²) < 4.78 is 5.74. The Morgan fingerprint density at radius 1 is 1.46 bits per heavy atom. The number of aryl methyl sites for hydroxylation is 1. The van der Waals surface area contributed by atoms with Crippen LogP contribution in [0, 0.1) is 6.92 Å². The van der Waals surface area contributed by atoms with Crippen LogP contribution in [0.3, 0.4) is 0 Å². The van der Waals surface area contributed by atoms with Gasteiger partial charge in [-0.2, -0.15) is 0 Å². The number of aromatic nitrogens is 1. The van der Waals surface area contributed by atoms with E-state index in [-0.39, 0.29) is 0 Å². The summed E-state index contributed by atoms with van der Waals surface area (Å²) in [5, 5.41) is 0. The first-order chi connectivity index (χ1) is 6.31. The van der Waals surface area contributed by atoms with Gasteiger partial charge in [0.2, 0.25) is 0 Å². The molecule has 1 aromatic heterocycles. The van der Waals surface area contributed by atoms with Crippen molar-refractivity contribution in [1.82, 2.24) is 4.98 Å². The van der Waals surface area contributed by atoms with Crippen molar-refractivity contribution in [3.05, 3.63) is 23.5 Å². The molecule has 0 N–H and O–H groups in total. The third kappa shape index (κ3) is 1.82. The van der Waals surface area contributed by atoms with Crippen molar-refractivity contribution < 1.29 is 4.74 Å². The average molecular weight is 177 g/mol. The minimum absolute atomic E-state index is 0.465. The van der Waals surface area contributed by atoms with Crippen LogP contribution >= 0.6 is 0 Å². The smallest absolute Gasteiger partial charge is 0.141 e. The van der Waals surface area contributed by atoms with Gasteiger partial charge in [-0.3, -0.25) is 4.98 Å². The molecule has 2 nitrogen and oxygen atoms in total. The molecule has 1 aliphatic carbocycles. The number of ether oxygens (including phenoxy) is 1. The molecule has 0 bridgehead atoms. The molecule has 2 rings (SSSR count). The first-order valence-corrected chi connectivity index (χ1v) is 4.91. The Hall–Kier alpha value is -1.05. The second-order valence-electron chi connectivity index (χ2n) is 3.59. The lowest BCUT2D eigenvalue weighted by molar-refractivity contribution is 0.299. The molecule has 0 spiro atoms. The maximum atomic E-state index is 5.74. The molecule has 0 unspecified atom stereocenters. The van der Waals surface area contributed by atoms with Crippen molar-refractivity contribution in [1.29, 1.82) is 0 Å². The normalized spacial score (nSPS) is 15.8. The topological polar surface area (TPSA) is 22.1 Å². The first-order valence-electron chi connectivity index (χ1n) is 4.91. The van der Waals surface area contributed by atoms with Crippen LogP contribution in [0.4, 0.5) is 0 Å². The second kappa shape index (κ2) is 3.36. The molecule has 1 fully saturated rings. The van der Waals surface area contributed by atoms with Crippen LogP contribution in [0.1, 0.15) is 30.9 Å². The van der Waals surface area contributed by atoms with Crippen molar-refractivity contribution in [2.24, 2.45) is 0 Å². The fraction of sp³-hybridized carbons (Fsp3) is 0.545. The molecule has 13 heavy (non-hydrogen) atoms. The number of rotatable bonds is 3. The van der Waals surface area contributed by atoms with Crippen molar-refractivity contribution >= 4 is 0 Å². The van der Waals surface area contributed by atoms with Gasteiger partial charge < -0.3 is 4.74 Å². The Labute approximate surface area is 78.9 Å². The number of nitrogens with zero attached hydrogens (tertiary/aromatic N) is 1. The number of hydrogen-bond donors (Lipinski definition) is 0. The standard InChI is InChI=1S/C11H15NO/c1-3-9-6-12-7-11(8(9)2)13-10-4-5-10/h6-7,10H,3-5H2,1-2H3. The van der Waals surface area contributed by atoms with Crippen molar-refractivity contribution in [3.63, 3.8) is 0 Å². The van der Waals surface area contributed by atoms with E-state index in [1.165, 1.54) is 24.0 Å². The lowest BCUT2D eigenvalue weighted by Crippen LogP contribution is -2.00. The van der Waals surface area contributed by atoms with Crippen LogP contribution in [0.15, 0.2) is 12.4 Å². The summed E-state index contributed by atoms with van der Waals surface area (Å²) in [5.74, 6) is 0.974. The molecule has 2 heteroatoms. The summed E-state index contributed by atoms with van der Waals surface area (Å²) in [6.07, 6.45) is 7.65. The highest BCUT2D eigenvalue weighted by molar-refractivity contribution is 5.36. The maximum absolute atomic E-state index is 5.74. The summed E-state index contributed by atoms with van der Waals surface area (Å²) >= 11 is 0. The maximum Gasteiger partial charge on any atom is 0.141 e. The zero-order valence-corrected chi connectivity index (χ0v) is 8.21. The average Bonchev–Trinajstić information content (AvgIpc) is 2.92. The lowest BCUT2D eigenvalue weighted by Gasteiger charge is -2.09. The molecule has 1 aliphatic rings. The zero-order valence-electron chi connectivity index (χ0n) is 8.21. The molecule has 1 saturated carbocycles. The van der Waals surface area contributed by atoms with E-state index < -0.39 is 0 Å². The number of hydrogen-bond acceptors (Lipinski definition) is 2. The Bertz CT molecular complexity index is 305. The van der Waals surface area contributed by atoms with Crippen LogP contribution in [0.25, 0.3) is 0 Å². The van der Waals surface area contributed by atoms with Crippen molar-refractivity contribution in [3.8, 4) is 5.75 Å². The van der Waals surface area contributed by atoms with E-state index in [1.807, 2.05) is 12.4 Å². The molecule has 0 atom stereocenters. The van der Waals surface area contributed by atoms with Gasteiger partial charge >= 0.3 is 0 Å². The Balaban J connectivity index is 2.22. The van der Waals surface area contributed by atoms with E-state index in [0.29, 0.717) is 6.10 Å². The highest BCUT2D eigenvalue weighted by Gasteiger charge is 2.24. The summed E-state index contributed by atoms with van der Waals surface area (Å²) in [6, 6.07) is 0. The fourth-order valence-corrected chi connectivity index (χ4v) is 1.39. The molecule has 0 saturated heterocycles. The van der Waals surface area contributed by atoms with Gasteiger partial charge in [-0.25, -0.2) is 0 Å². The summed E-state index contributed by atoms with van der Waals surface area (Å²) in [4.78, 5) is 4.17. The molecule has 0 radical (unpaired) electrons. The van der Waals surface area contributed by atoms with Crippen LogP contribution < -0.4 is 4.74 Å². The van der Waals surface area contributed by atoms with Gasteiger partial charge in [0.25, 0.3) is 0 Å². The zero-order chi connectivity index (χ0) is 9.26. The minimum atomic E-state index is 0.465. The third-order valence-corrected chi connectivity index (χ3v) is 2.47. The second-order valence-corrected chi connectivity index (χ2v) is 3.59. The van der Waals surface area contributed by atoms with Crippen LogP contribution in [0.2, 0.25) is 0 Å². The van der Waals surface area contributed by atoms with Gasteiger partial charge in [0, 0.05) is 6.20 Å². The molecular weight excluding hydrogens is 162 g/mol. The van der Waals surface area contributed by atoms with Crippen molar-refractivity contribution in [2.45, 2.75) is 39.2 Å². The molecule has 0 aliphatic heterocycles. The summed E-state index contributed by atoms with van der Waals surface area (Å²) in [6.45, 7) is 4.25. The quantitative estimate of drug-likeness (QED) is 0.707. The minimum Gasteiger partial charge on any atom is -0.489 e. The van der Waals surface area contributed by atoms with Gasteiger partial charge in [0.1, 0.15) is 5.75 Å². The Morgan fingerprint density at radius 2 is 2.23 bits per heavy atom. The van der Waals surface area contributed by atoms with Gasteiger partial charge in [-0.1, -0.05) is 6.92 Å². The van der Waals surface area contributed by atoms with E-state index in [1.54, 1.807) is 0 Å². The fourth-order valence-electron chi connectivity index (χ4n) is 1.39. The molecule has 1 heterocycles. The van der Waals surface area contributed by atoms with E-state index in [0.717, 1.165) is 12.2 Å². The largest absolute Gasteiger partial charge is 0.489 e. The van der Waals surface area contributed by atoms with Gasteiger partial charge in [-0.05, 0) is 37.3 Å². The van der Waals surface area contributed by atoms with Gasteiger partial charge in [-0.15, -0.1) is 0 Å². The monoisotopic (exact) mass is 177 g/mol. The van der Waals surface area contributed by atoms with Crippen LogP contribution in [-0.2, 0) is 6.42 Å². The first kappa shape index (κ1) is 8.54. The van der Waals surface area contributed by atoms with Gasteiger partial charge in [0.15, 0.2) is 0 Å². The van der Waals surface area contributed by atoms with E-state index in [4.69, 9.17) is 4.74 Å². The molecule has 1 aromatic rings. The van der Waals surface area contributed by atoms with Gasteiger partial charge in [0.05, 0.1) is 12.3 Å². The van der Waals surface area contributed by atoms with E-state index >= 15 is 0 Å². The molecule has 0 aromatic carbocycles. The molecule has 70 valence electrons. The molecular formula is C11H15NO. The third-order valence-electron chi connectivity index (χ3n) is 2.47. The predicted molar refractivity (Wildman–Crippen MR) is 52.0 cm³/mol. The summed E-state index contributed by atoms with van der Waals surface area (Å²) in [5.41, 5.74) is 2.54. The van der Waals surface area contributed by atoms with Crippen LogP contribution in [0.5, 0.6) is 5.75 Å². The van der Waals surface area contributed by atoms with E-state index in [2.05, 4.69) is 18.8 Å². The summed E-state index contributed by atoms with van der Waals surface area (Å²) in [7, 11) is 0. The van der Waals surface area contributed by atoms with E-state index in [9.17, 15) is 0 Å². The highest BCUT2D eigenvalue weighted by Crippen LogP contribution is 2.29. The van der Waals surface area contributed by atoms with Crippen molar-refractivity contribution in [2.75, 3.05) is 0 Å². The highest BCUT2D eigenvalue weighted by atomic mass is 16.5. The lowest BCUT2D eigenvalue weighted by atomic mass is 10.1.